The number of hydrogen-bond donors (Lipinski definition) is 1. The molecule has 8 nitrogen and oxygen atoms in total. The first-order valence-electron chi connectivity index (χ1n) is 7.40. The van der Waals surface area contributed by atoms with Crippen molar-refractivity contribution >= 4 is 35.2 Å². The average molecular weight is 379 g/mol. The van der Waals surface area contributed by atoms with Gasteiger partial charge in [-0.15, -0.1) is 0 Å². The average Bonchev–Trinajstić information content (AvgIpc) is 2.61. The van der Waals surface area contributed by atoms with Gasteiger partial charge in [-0.05, 0) is 31.2 Å². The van der Waals surface area contributed by atoms with Crippen LogP contribution in [0.3, 0.4) is 0 Å². The summed E-state index contributed by atoms with van der Waals surface area (Å²) in [4.78, 5) is 33.5. The summed E-state index contributed by atoms with van der Waals surface area (Å²) in [6.07, 6.45) is -0.535. The smallest absolute Gasteiger partial charge is 0.270 e. The minimum absolute atomic E-state index is 0.0219. The second-order valence-corrected chi connectivity index (χ2v) is 5.60. The number of nitro benzene ring substituents is 1. The molecule has 26 heavy (non-hydrogen) atoms. The quantitative estimate of drug-likeness (QED) is 0.449. The van der Waals surface area contributed by atoms with Gasteiger partial charge in [0.2, 0.25) is 0 Å². The summed E-state index contributed by atoms with van der Waals surface area (Å²) in [7, 11) is 1.48. The molecular weight excluding hydrogens is 364 g/mol. The van der Waals surface area contributed by atoms with Gasteiger partial charge >= 0.3 is 0 Å². The number of amides is 1. The van der Waals surface area contributed by atoms with Crippen molar-refractivity contribution in [3.63, 3.8) is 0 Å². The van der Waals surface area contributed by atoms with Crippen LogP contribution in [0.15, 0.2) is 36.4 Å². The largest absolute Gasteiger partial charge is 0.495 e. The highest BCUT2D eigenvalue weighted by Gasteiger charge is 2.19. The van der Waals surface area contributed by atoms with Gasteiger partial charge in [0.1, 0.15) is 11.5 Å². The van der Waals surface area contributed by atoms with E-state index < -0.39 is 16.9 Å². The van der Waals surface area contributed by atoms with Gasteiger partial charge in [-0.3, -0.25) is 19.7 Å². The van der Waals surface area contributed by atoms with E-state index in [1.807, 2.05) is 0 Å². The highest BCUT2D eigenvalue weighted by atomic mass is 35.5. The highest BCUT2D eigenvalue weighted by molar-refractivity contribution is 6.32. The summed E-state index contributed by atoms with van der Waals surface area (Å²) >= 11 is 6.00. The molecule has 0 spiro atoms. The minimum Gasteiger partial charge on any atom is -0.495 e. The molecule has 0 aliphatic heterocycles. The van der Waals surface area contributed by atoms with Crippen molar-refractivity contribution in [3.05, 3.63) is 57.1 Å². The van der Waals surface area contributed by atoms with Gasteiger partial charge in [0.15, 0.2) is 12.4 Å². The summed E-state index contributed by atoms with van der Waals surface area (Å²) in [6, 6.07) is 8.28. The summed E-state index contributed by atoms with van der Waals surface area (Å²) in [5, 5.41) is 13.7. The first-order valence-corrected chi connectivity index (χ1v) is 7.78. The predicted molar refractivity (Wildman–Crippen MR) is 95.2 cm³/mol. The lowest BCUT2D eigenvalue weighted by Crippen LogP contribution is -2.30. The molecule has 136 valence electrons. The first kappa shape index (κ1) is 19.2. The van der Waals surface area contributed by atoms with E-state index >= 15 is 0 Å². The van der Waals surface area contributed by atoms with Crippen molar-refractivity contribution in [1.82, 2.24) is 0 Å². The van der Waals surface area contributed by atoms with Gasteiger partial charge in [-0.1, -0.05) is 11.6 Å². The summed E-state index contributed by atoms with van der Waals surface area (Å²) in [5.74, 6) is 0.0536. The Morgan fingerprint density at radius 1 is 1.27 bits per heavy atom. The van der Waals surface area contributed by atoms with E-state index in [0.29, 0.717) is 22.7 Å². The van der Waals surface area contributed by atoms with E-state index in [1.54, 1.807) is 12.1 Å². The Morgan fingerprint density at radius 2 is 1.96 bits per heavy atom. The van der Waals surface area contributed by atoms with Crippen molar-refractivity contribution in [3.8, 4) is 11.5 Å². The Morgan fingerprint density at radius 3 is 2.54 bits per heavy atom. The maximum Gasteiger partial charge on any atom is 0.270 e. The van der Waals surface area contributed by atoms with Crippen LogP contribution in [-0.4, -0.2) is 30.3 Å². The maximum atomic E-state index is 12.3. The zero-order valence-corrected chi connectivity index (χ0v) is 14.6. The lowest BCUT2D eigenvalue weighted by Gasteiger charge is -2.16. The van der Waals surface area contributed by atoms with Gasteiger partial charge < -0.3 is 14.8 Å². The summed E-state index contributed by atoms with van der Waals surface area (Å²) in [5.41, 5.74) is 0.173. The van der Waals surface area contributed by atoms with Gasteiger partial charge in [0.25, 0.3) is 11.6 Å². The molecule has 2 rings (SSSR count). The van der Waals surface area contributed by atoms with E-state index in [9.17, 15) is 19.7 Å². The molecule has 2 aromatic carbocycles. The number of carbonyl (C=O) groups excluding carboxylic acids is 2. The van der Waals surface area contributed by atoms with Gasteiger partial charge in [-0.2, -0.15) is 0 Å². The zero-order chi connectivity index (χ0) is 19.3. The number of rotatable bonds is 7. The van der Waals surface area contributed by atoms with Gasteiger partial charge in [-0.25, -0.2) is 0 Å². The van der Waals surface area contributed by atoms with Crippen LogP contribution in [0.5, 0.6) is 11.5 Å². The zero-order valence-electron chi connectivity index (χ0n) is 13.9. The number of ether oxygens (including phenoxy) is 2. The fourth-order valence-electron chi connectivity index (χ4n) is 2.08. The molecule has 0 fully saturated rings. The molecule has 0 unspecified atom stereocenters. The molecule has 0 aliphatic carbocycles. The molecule has 0 saturated carbocycles. The van der Waals surface area contributed by atoms with Crippen LogP contribution >= 0.6 is 11.6 Å². The number of nitrogens with zero attached hydrogens (tertiary/aromatic N) is 1. The van der Waals surface area contributed by atoms with Crippen molar-refractivity contribution < 1.29 is 24.0 Å². The molecule has 0 saturated heterocycles. The standard InChI is InChI=1S/C17H15ClN2O6/c1-10(17(22)19-12-3-5-16(25-2)14(18)8-12)26-15-6-4-13(20(23)24)7-11(15)9-21/h3-10H,1-2H3,(H,19,22)/t10-/m1/s1. The van der Waals surface area contributed by atoms with Crippen LogP contribution in [0.1, 0.15) is 17.3 Å². The molecule has 1 N–H and O–H groups in total. The Kier molecular flexibility index (Phi) is 6.13. The lowest BCUT2D eigenvalue weighted by atomic mass is 10.2. The van der Waals surface area contributed by atoms with Crippen molar-refractivity contribution in [1.29, 1.82) is 0 Å². The van der Waals surface area contributed by atoms with Crippen molar-refractivity contribution in [2.45, 2.75) is 13.0 Å². The molecule has 2 aromatic rings. The molecule has 0 bridgehead atoms. The number of anilines is 1. The van der Waals surface area contributed by atoms with E-state index in [1.165, 1.54) is 32.2 Å². The SMILES string of the molecule is COc1ccc(NC(=O)[C@@H](C)Oc2ccc([N+](=O)[O-])cc2C=O)cc1Cl. The van der Waals surface area contributed by atoms with Crippen molar-refractivity contribution in [2.24, 2.45) is 0 Å². The monoisotopic (exact) mass is 378 g/mol. The highest BCUT2D eigenvalue weighted by Crippen LogP contribution is 2.28. The second-order valence-electron chi connectivity index (χ2n) is 5.20. The Balaban J connectivity index is 2.10. The third-order valence-electron chi connectivity index (χ3n) is 3.42. The van der Waals surface area contributed by atoms with E-state index in [-0.39, 0.29) is 17.0 Å². The minimum atomic E-state index is -0.962. The van der Waals surface area contributed by atoms with Crippen LogP contribution in [0.2, 0.25) is 5.02 Å². The first-order chi connectivity index (χ1) is 12.3. The van der Waals surface area contributed by atoms with Gasteiger partial charge in [0.05, 0.1) is 22.6 Å². The fourth-order valence-corrected chi connectivity index (χ4v) is 2.34. The predicted octanol–water partition coefficient (Wildman–Crippen LogP) is 3.48. The number of benzene rings is 2. The molecule has 0 radical (unpaired) electrons. The maximum absolute atomic E-state index is 12.3. The number of hydrogen-bond acceptors (Lipinski definition) is 6. The number of carbonyl (C=O) groups is 2. The summed E-state index contributed by atoms with van der Waals surface area (Å²) < 4.78 is 10.5. The Labute approximate surface area is 153 Å². The molecule has 0 heterocycles. The van der Waals surface area contributed by atoms with E-state index in [2.05, 4.69) is 5.32 Å². The molecule has 0 aromatic heterocycles. The van der Waals surface area contributed by atoms with Crippen LogP contribution in [0.4, 0.5) is 11.4 Å². The van der Waals surface area contributed by atoms with Crippen LogP contribution in [-0.2, 0) is 4.79 Å². The summed E-state index contributed by atoms with van der Waals surface area (Å²) in [6.45, 7) is 1.48. The molecule has 1 atom stereocenters. The molecule has 9 heteroatoms. The van der Waals surface area contributed by atoms with Crippen LogP contribution < -0.4 is 14.8 Å². The fraction of sp³-hybridized carbons (Fsp3) is 0.176. The number of nitrogens with one attached hydrogen (secondary N) is 1. The number of aldehydes is 1. The number of non-ortho nitro benzene ring substituents is 1. The number of methoxy groups -OCH3 is 1. The molecule has 1 amide bonds. The Bertz CT molecular complexity index is 855. The van der Waals surface area contributed by atoms with E-state index in [0.717, 1.165) is 6.07 Å². The normalized spacial score (nSPS) is 11.3. The van der Waals surface area contributed by atoms with Crippen LogP contribution in [0, 0.1) is 10.1 Å². The number of nitro groups is 1. The Hall–Kier alpha value is -3.13. The number of halogens is 1. The van der Waals surface area contributed by atoms with Gasteiger partial charge in [0, 0.05) is 17.8 Å². The second kappa shape index (κ2) is 8.30. The topological polar surface area (TPSA) is 108 Å². The molecule has 0 aliphatic rings. The van der Waals surface area contributed by atoms with Crippen molar-refractivity contribution in [2.75, 3.05) is 12.4 Å². The van der Waals surface area contributed by atoms with E-state index in [4.69, 9.17) is 21.1 Å². The lowest BCUT2D eigenvalue weighted by molar-refractivity contribution is -0.384. The van der Waals surface area contributed by atoms with Crippen LogP contribution in [0.25, 0.3) is 0 Å². The third kappa shape index (κ3) is 4.48. The third-order valence-corrected chi connectivity index (χ3v) is 3.72. The molecular formula is C17H15ClN2O6.